The van der Waals surface area contributed by atoms with Gasteiger partial charge < -0.3 is 14.6 Å². The number of esters is 1. The van der Waals surface area contributed by atoms with E-state index in [9.17, 15) is 9.59 Å². The first-order valence-corrected chi connectivity index (χ1v) is 12.0. The number of fused-ring (bicyclic) bond motifs is 1. The van der Waals surface area contributed by atoms with Crippen LogP contribution >= 0.6 is 11.6 Å². The smallest absolute Gasteiger partial charge is 0.308 e. The number of hydrogen-bond donors (Lipinski definition) is 1. The monoisotopic (exact) mass is 466 g/mol. The van der Waals surface area contributed by atoms with E-state index in [-0.39, 0.29) is 23.8 Å². The van der Waals surface area contributed by atoms with Gasteiger partial charge in [0, 0.05) is 29.2 Å². The molecule has 1 saturated carbocycles. The van der Waals surface area contributed by atoms with Crippen LogP contribution in [0.2, 0.25) is 5.02 Å². The summed E-state index contributed by atoms with van der Waals surface area (Å²) in [6, 6.07) is 14.0. The molecule has 1 unspecified atom stereocenters. The van der Waals surface area contributed by atoms with Crippen molar-refractivity contribution in [2.24, 2.45) is 11.8 Å². The maximum atomic E-state index is 13.4. The van der Waals surface area contributed by atoms with Gasteiger partial charge in [-0.25, -0.2) is 0 Å². The molecule has 0 aliphatic heterocycles. The van der Waals surface area contributed by atoms with Gasteiger partial charge in [-0.3, -0.25) is 9.59 Å². The predicted molar refractivity (Wildman–Crippen MR) is 132 cm³/mol. The number of carbonyl (C=O) groups is 2. The van der Waals surface area contributed by atoms with Crippen LogP contribution in [0.25, 0.3) is 10.9 Å². The fourth-order valence-electron chi connectivity index (χ4n) is 5.01. The Morgan fingerprint density at radius 2 is 1.82 bits per heavy atom. The molecule has 0 bridgehead atoms. The van der Waals surface area contributed by atoms with Crippen molar-refractivity contribution >= 4 is 34.4 Å². The average Bonchev–Trinajstić information content (AvgIpc) is 3.21. The van der Waals surface area contributed by atoms with Crippen LogP contribution in [0.3, 0.4) is 0 Å². The van der Waals surface area contributed by atoms with Gasteiger partial charge in [0.25, 0.3) is 5.91 Å². The Kier molecular flexibility index (Phi) is 7.08. The number of carbonyl (C=O) groups excluding carboxylic acids is 2. The van der Waals surface area contributed by atoms with Gasteiger partial charge in [0.2, 0.25) is 0 Å². The van der Waals surface area contributed by atoms with Gasteiger partial charge in [0.05, 0.1) is 24.1 Å². The first kappa shape index (κ1) is 23.4. The van der Waals surface area contributed by atoms with E-state index in [1.54, 1.807) is 0 Å². The van der Waals surface area contributed by atoms with Gasteiger partial charge in [-0.1, -0.05) is 23.7 Å². The molecular formula is C27H31ClN2O3. The molecule has 174 valence electrons. The molecule has 1 N–H and O–H groups in total. The minimum Gasteiger partial charge on any atom is -0.469 e. The second kappa shape index (κ2) is 10.0. The first-order valence-electron chi connectivity index (χ1n) is 11.6. The molecule has 4 rings (SSSR count). The molecule has 0 radical (unpaired) electrons. The largest absolute Gasteiger partial charge is 0.469 e. The third kappa shape index (κ3) is 5.25. The van der Waals surface area contributed by atoms with Crippen LogP contribution < -0.4 is 5.32 Å². The highest BCUT2D eigenvalue weighted by Gasteiger charge is 2.30. The number of rotatable bonds is 6. The van der Waals surface area contributed by atoms with Gasteiger partial charge in [-0.05, 0) is 86.9 Å². The topological polar surface area (TPSA) is 60.3 Å². The van der Waals surface area contributed by atoms with Crippen molar-refractivity contribution in [3.05, 3.63) is 70.4 Å². The summed E-state index contributed by atoms with van der Waals surface area (Å²) in [4.78, 5) is 25.2. The number of halogens is 1. The Morgan fingerprint density at radius 1 is 1.12 bits per heavy atom. The van der Waals surface area contributed by atoms with Gasteiger partial charge in [0.15, 0.2) is 0 Å². The molecule has 1 fully saturated rings. The Bertz CT molecular complexity index is 1140. The van der Waals surface area contributed by atoms with E-state index in [4.69, 9.17) is 16.3 Å². The van der Waals surface area contributed by atoms with Crippen LogP contribution in [0.15, 0.2) is 48.7 Å². The van der Waals surface area contributed by atoms with Crippen molar-refractivity contribution in [3.63, 3.8) is 0 Å². The number of aryl methyl sites for hydroxylation is 1. The van der Waals surface area contributed by atoms with Crippen molar-refractivity contribution in [2.75, 3.05) is 7.11 Å². The minimum atomic E-state index is -0.117. The Morgan fingerprint density at radius 3 is 2.48 bits per heavy atom. The molecule has 1 atom stereocenters. The predicted octanol–water partition coefficient (Wildman–Crippen LogP) is 5.75. The van der Waals surface area contributed by atoms with Gasteiger partial charge in [-0.15, -0.1) is 0 Å². The van der Waals surface area contributed by atoms with Crippen molar-refractivity contribution in [3.8, 4) is 0 Å². The molecule has 33 heavy (non-hydrogen) atoms. The molecule has 1 amide bonds. The van der Waals surface area contributed by atoms with Gasteiger partial charge in [-0.2, -0.15) is 0 Å². The maximum absolute atomic E-state index is 13.4. The Hall–Kier alpha value is -2.79. The number of nitrogens with one attached hydrogen (secondary N) is 1. The molecule has 1 aliphatic carbocycles. The summed E-state index contributed by atoms with van der Waals surface area (Å²) < 4.78 is 7.02. The quantitative estimate of drug-likeness (QED) is 0.470. The van der Waals surface area contributed by atoms with Gasteiger partial charge in [0.1, 0.15) is 0 Å². The van der Waals surface area contributed by atoms with E-state index >= 15 is 0 Å². The van der Waals surface area contributed by atoms with Crippen LogP contribution in [0, 0.1) is 18.8 Å². The molecule has 1 aromatic heterocycles. The second-order valence-corrected chi connectivity index (χ2v) is 9.65. The average molecular weight is 467 g/mol. The van der Waals surface area contributed by atoms with E-state index in [2.05, 4.69) is 28.9 Å². The zero-order chi connectivity index (χ0) is 23.5. The summed E-state index contributed by atoms with van der Waals surface area (Å²) >= 11 is 6.03. The van der Waals surface area contributed by atoms with Crippen LogP contribution in [0.5, 0.6) is 0 Å². The van der Waals surface area contributed by atoms with E-state index in [0.717, 1.165) is 47.7 Å². The second-order valence-electron chi connectivity index (χ2n) is 9.22. The summed E-state index contributed by atoms with van der Waals surface area (Å²) in [5, 5.41) is 5.01. The number of aromatic nitrogens is 1. The fourth-order valence-corrected chi connectivity index (χ4v) is 5.14. The molecule has 0 saturated heterocycles. The van der Waals surface area contributed by atoms with E-state index in [1.165, 1.54) is 7.11 Å². The van der Waals surface area contributed by atoms with Crippen LogP contribution in [0.4, 0.5) is 0 Å². The molecule has 1 aliphatic rings. The number of methoxy groups -OCH3 is 1. The highest BCUT2D eigenvalue weighted by molar-refractivity contribution is 6.30. The van der Waals surface area contributed by atoms with Crippen molar-refractivity contribution in [1.82, 2.24) is 9.88 Å². The number of hydrogen-bond acceptors (Lipinski definition) is 3. The maximum Gasteiger partial charge on any atom is 0.308 e. The van der Waals surface area contributed by atoms with E-state index in [0.29, 0.717) is 23.0 Å². The zero-order valence-electron chi connectivity index (χ0n) is 19.4. The molecule has 5 nitrogen and oxygen atoms in total. The lowest BCUT2D eigenvalue weighted by atomic mass is 9.79. The summed E-state index contributed by atoms with van der Waals surface area (Å²) in [6.45, 7) is 4.75. The van der Waals surface area contributed by atoms with Crippen LogP contribution in [0.1, 0.15) is 54.1 Å². The fraction of sp³-hybridized carbons (Fsp3) is 0.407. The van der Waals surface area contributed by atoms with E-state index < -0.39 is 0 Å². The third-order valence-electron chi connectivity index (χ3n) is 6.89. The summed E-state index contributed by atoms with van der Waals surface area (Å²) in [6.07, 6.45) is 5.49. The van der Waals surface area contributed by atoms with Gasteiger partial charge >= 0.3 is 5.97 Å². The molecule has 6 heteroatoms. The molecule has 1 heterocycles. The Labute approximate surface area is 200 Å². The van der Waals surface area contributed by atoms with Crippen LogP contribution in [-0.2, 0) is 16.1 Å². The third-order valence-corrected chi connectivity index (χ3v) is 7.14. The normalized spacial score (nSPS) is 19.3. The van der Waals surface area contributed by atoms with Crippen molar-refractivity contribution < 1.29 is 14.3 Å². The minimum absolute atomic E-state index is 0.0123. The molecular weight excluding hydrogens is 436 g/mol. The highest BCUT2D eigenvalue weighted by atomic mass is 35.5. The highest BCUT2D eigenvalue weighted by Crippen LogP contribution is 2.32. The lowest BCUT2D eigenvalue weighted by Crippen LogP contribution is -2.40. The number of ether oxygens (including phenoxy) is 1. The lowest BCUT2D eigenvalue weighted by molar-refractivity contribution is -0.146. The first-order chi connectivity index (χ1) is 15.9. The van der Waals surface area contributed by atoms with Crippen molar-refractivity contribution in [1.29, 1.82) is 0 Å². The molecule has 3 aromatic rings. The van der Waals surface area contributed by atoms with Crippen molar-refractivity contribution in [2.45, 2.75) is 52.1 Å². The summed E-state index contributed by atoms with van der Waals surface area (Å²) in [5.74, 6) is 0.175. The number of amides is 1. The molecule has 2 aromatic carbocycles. The van der Waals surface area contributed by atoms with E-state index in [1.807, 2.05) is 43.5 Å². The summed E-state index contributed by atoms with van der Waals surface area (Å²) in [7, 11) is 1.45. The van der Waals surface area contributed by atoms with Crippen LogP contribution in [-0.4, -0.2) is 29.6 Å². The Balaban J connectivity index is 1.52. The lowest BCUT2D eigenvalue weighted by Gasteiger charge is -2.31. The number of nitrogens with zero attached hydrogens (tertiary/aromatic N) is 1. The molecule has 0 spiro atoms. The summed E-state index contributed by atoms with van der Waals surface area (Å²) in [5.41, 5.74) is 3.82. The number of benzene rings is 2. The SMILES string of the molecule is COC(=O)[C@H]1CC[C@H](C(C)NC(=O)c2cc(C)cc3ccn(Cc4ccc(Cl)cc4)c23)CC1. The standard InChI is InChI=1S/C27H31ClN2O3/c1-17-14-22-12-13-30(16-19-4-10-23(28)11-5-19)25(22)24(15-17)26(31)29-18(2)20-6-8-21(9-7-20)27(32)33-3/h4-5,10-15,18,20-21H,6-9,16H2,1-3H3,(H,29,31)/t18?,20-,21-. The zero-order valence-corrected chi connectivity index (χ0v) is 20.2.